The number of sulfonamides is 1. The third-order valence-corrected chi connectivity index (χ3v) is 5.10. The molecule has 1 aromatic carbocycles. The van der Waals surface area contributed by atoms with E-state index >= 15 is 0 Å². The molecule has 8 nitrogen and oxygen atoms in total. The molecule has 0 radical (unpaired) electrons. The van der Waals surface area contributed by atoms with Crippen molar-refractivity contribution in [2.45, 2.75) is 11.7 Å². The lowest BCUT2D eigenvalue weighted by Crippen LogP contribution is -2.32. The van der Waals surface area contributed by atoms with Gasteiger partial charge in [0.1, 0.15) is 10.9 Å². The summed E-state index contributed by atoms with van der Waals surface area (Å²) in [6, 6.07) is 2.49. The zero-order chi connectivity index (χ0) is 15.9. The van der Waals surface area contributed by atoms with Gasteiger partial charge in [0, 0.05) is 28.5 Å². The second kappa shape index (κ2) is 5.52. The Balaban J connectivity index is 2.53. The smallest absolute Gasteiger partial charge is 0.295 e. The van der Waals surface area contributed by atoms with Crippen LogP contribution >= 0.6 is 27.5 Å². The molecular formula is C10H9BrClN3O5S. The summed E-state index contributed by atoms with van der Waals surface area (Å²) in [5, 5.41) is 15.2. The van der Waals surface area contributed by atoms with Gasteiger partial charge in [-0.2, -0.15) is 0 Å². The fourth-order valence-corrected chi connectivity index (χ4v) is 3.81. The van der Waals surface area contributed by atoms with Gasteiger partial charge in [0.15, 0.2) is 0 Å². The Hall–Kier alpha value is -1.23. The molecule has 0 saturated carbocycles. The second-order valence-electron chi connectivity index (χ2n) is 4.43. The maximum absolute atomic E-state index is 12.0. The number of rotatable bonds is 3. The summed E-state index contributed by atoms with van der Waals surface area (Å²) in [5.41, 5.74) is -0.418. The number of amides is 1. The van der Waals surface area contributed by atoms with Crippen molar-refractivity contribution in [2.75, 3.05) is 11.4 Å². The summed E-state index contributed by atoms with van der Waals surface area (Å²) in [7, 11) is -3.90. The van der Waals surface area contributed by atoms with Gasteiger partial charge in [0.25, 0.3) is 5.69 Å². The molecule has 1 saturated heterocycles. The summed E-state index contributed by atoms with van der Waals surface area (Å²) in [6.45, 7) is -0.237. The zero-order valence-electron chi connectivity index (χ0n) is 10.3. The fraction of sp³-hybridized carbons (Fsp3) is 0.300. The number of anilines is 1. The van der Waals surface area contributed by atoms with Crippen molar-refractivity contribution >= 4 is 54.8 Å². The Labute approximate surface area is 133 Å². The topological polar surface area (TPSA) is 124 Å². The lowest BCUT2D eigenvalue weighted by atomic mass is 10.2. The molecule has 2 rings (SSSR count). The van der Waals surface area contributed by atoms with Gasteiger partial charge in [-0.05, 0) is 22.0 Å². The van der Waals surface area contributed by atoms with Crippen molar-refractivity contribution in [3.05, 3.63) is 31.7 Å². The van der Waals surface area contributed by atoms with Crippen molar-refractivity contribution in [1.82, 2.24) is 0 Å². The van der Waals surface area contributed by atoms with Crippen LogP contribution in [-0.4, -0.2) is 31.0 Å². The fourth-order valence-electron chi connectivity index (χ4n) is 2.07. The molecule has 0 aliphatic carbocycles. The first-order valence-electron chi connectivity index (χ1n) is 5.56. The van der Waals surface area contributed by atoms with E-state index in [1.807, 2.05) is 0 Å². The van der Waals surface area contributed by atoms with E-state index in [-0.39, 0.29) is 28.1 Å². The number of nitrogens with two attached hydrogens (primary N) is 1. The van der Waals surface area contributed by atoms with E-state index in [9.17, 15) is 23.3 Å². The van der Waals surface area contributed by atoms with Crippen LogP contribution in [0.5, 0.6) is 0 Å². The first kappa shape index (κ1) is 16.1. The highest BCUT2D eigenvalue weighted by Crippen LogP contribution is 2.40. The van der Waals surface area contributed by atoms with Gasteiger partial charge in [-0.15, -0.1) is 0 Å². The predicted molar refractivity (Wildman–Crippen MR) is 79.7 cm³/mol. The predicted octanol–water partition coefficient (Wildman–Crippen LogP) is 1.40. The molecule has 0 spiro atoms. The number of carbonyl (C=O) groups excluding carboxylic acids is 1. The van der Waals surface area contributed by atoms with E-state index in [4.69, 9.17) is 16.7 Å². The number of nitro groups is 1. The lowest BCUT2D eigenvalue weighted by Gasteiger charge is -2.18. The molecule has 114 valence electrons. The highest BCUT2D eigenvalue weighted by atomic mass is 79.9. The largest absolute Gasteiger partial charge is 0.304 e. The SMILES string of the molecule is NS(=O)(=O)C1CC(=O)N(c2c(Br)cc(Cl)cc2[N+](=O)[O-])C1. The molecule has 1 fully saturated rings. The number of benzene rings is 1. The molecule has 1 aliphatic heterocycles. The molecule has 2 N–H and O–H groups in total. The van der Waals surface area contributed by atoms with Crippen LogP contribution < -0.4 is 10.0 Å². The lowest BCUT2D eigenvalue weighted by molar-refractivity contribution is -0.384. The monoisotopic (exact) mass is 397 g/mol. The van der Waals surface area contributed by atoms with Crippen molar-refractivity contribution in [1.29, 1.82) is 0 Å². The maximum Gasteiger partial charge on any atom is 0.295 e. The van der Waals surface area contributed by atoms with Crippen LogP contribution in [0.25, 0.3) is 0 Å². The van der Waals surface area contributed by atoms with Crippen molar-refractivity contribution in [2.24, 2.45) is 5.14 Å². The van der Waals surface area contributed by atoms with Crippen LogP contribution in [0.15, 0.2) is 16.6 Å². The Kier molecular flexibility index (Phi) is 4.24. The molecule has 1 aliphatic rings. The minimum Gasteiger partial charge on any atom is -0.304 e. The third kappa shape index (κ3) is 3.18. The van der Waals surface area contributed by atoms with Gasteiger partial charge in [0.05, 0.1) is 4.92 Å². The van der Waals surface area contributed by atoms with Gasteiger partial charge >= 0.3 is 0 Å². The normalized spacial score (nSPS) is 19.1. The number of primary sulfonamides is 1. The van der Waals surface area contributed by atoms with E-state index < -0.39 is 31.8 Å². The molecule has 1 amide bonds. The Morgan fingerprint density at radius 1 is 1.48 bits per heavy atom. The van der Waals surface area contributed by atoms with Crippen LogP contribution in [0.3, 0.4) is 0 Å². The Morgan fingerprint density at radius 2 is 2.10 bits per heavy atom. The average Bonchev–Trinajstić information content (AvgIpc) is 2.70. The highest BCUT2D eigenvalue weighted by molar-refractivity contribution is 9.10. The minimum absolute atomic E-state index is 0.0273. The van der Waals surface area contributed by atoms with Gasteiger partial charge in [-0.3, -0.25) is 14.9 Å². The van der Waals surface area contributed by atoms with Gasteiger partial charge < -0.3 is 4.90 Å². The van der Waals surface area contributed by atoms with Crippen LogP contribution in [0.1, 0.15) is 6.42 Å². The molecule has 1 unspecified atom stereocenters. The highest BCUT2D eigenvalue weighted by Gasteiger charge is 2.40. The zero-order valence-corrected chi connectivity index (χ0v) is 13.5. The number of carbonyl (C=O) groups is 1. The van der Waals surface area contributed by atoms with E-state index in [0.717, 1.165) is 11.0 Å². The number of hydrogen-bond acceptors (Lipinski definition) is 5. The van der Waals surface area contributed by atoms with Crippen LogP contribution in [0.4, 0.5) is 11.4 Å². The molecule has 1 heterocycles. The Morgan fingerprint density at radius 3 is 2.57 bits per heavy atom. The summed E-state index contributed by atoms with van der Waals surface area (Å²) in [6.07, 6.45) is -0.314. The Bertz CT molecular complexity index is 738. The molecule has 0 aromatic heterocycles. The van der Waals surface area contributed by atoms with Gasteiger partial charge in [-0.25, -0.2) is 13.6 Å². The summed E-state index contributed by atoms with van der Waals surface area (Å²) in [4.78, 5) is 23.4. The molecule has 11 heteroatoms. The quantitative estimate of drug-likeness (QED) is 0.609. The molecule has 1 atom stereocenters. The van der Waals surface area contributed by atoms with Gasteiger partial charge in [0.2, 0.25) is 15.9 Å². The number of hydrogen-bond donors (Lipinski definition) is 1. The minimum atomic E-state index is -3.90. The second-order valence-corrected chi connectivity index (χ2v) is 7.57. The summed E-state index contributed by atoms with van der Waals surface area (Å²) >= 11 is 8.87. The van der Waals surface area contributed by atoms with Crippen LogP contribution in [0.2, 0.25) is 5.02 Å². The number of nitrogens with zero attached hydrogens (tertiary/aromatic N) is 2. The number of nitro benzene ring substituents is 1. The van der Waals surface area contributed by atoms with E-state index in [1.54, 1.807) is 0 Å². The van der Waals surface area contributed by atoms with Crippen LogP contribution in [-0.2, 0) is 14.8 Å². The summed E-state index contributed by atoms with van der Waals surface area (Å²) < 4.78 is 22.9. The standard InChI is InChI=1S/C10H9BrClN3O5S/c11-7-1-5(12)2-8(15(17)18)10(7)14-4-6(3-9(14)16)21(13,19)20/h1-2,6H,3-4H2,(H2,13,19,20). The van der Waals surface area contributed by atoms with Crippen LogP contribution in [0, 0.1) is 10.1 Å². The van der Waals surface area contributed by atoms with Crippen molar-refractivity contribution in [3.63, 3.8) is 0 Å². The average molecular weight is 399 g/mol. The maximum atomic E-state index is 12.0. The van der Waals surface area contributed by atoms with E-state index in [1.165, 1.54) is 6.07 Å². The molecule has 1 aromatic rings. The molecule has 0 bridgehead atoms. The first-order chi connectivity index (χ1) is 9.61. The van der Waals surface area contributed by atoms with E-state index in [0.29, 0.717) is 0 Å². The molecular weight excluding hydrogens is 390 g/mol. The van der Waals surface area contributed by atoms with Gasteiger partial charge in [-0.1, -0.05) is 11.6 Å². The number of halogens is 2. The first-order valence-corrected chi connectivity index (χ1v) is 8.34. The third-order valence-electron chi connectivity index (χ3n) is 3.03. The van der Waals surface area contributed by atoms with Crippen molar-refractivity contribution in [3.8, 4) is 0 Å². The summed E-state index contributed by atoms with van der Waals surface area (Å²) in [5.74, 6) is -0.555. The van der Waals surface area contributed by atoms with Crippen molar-refractivity contribution < 1.29 is 18.1 Å². The molecule has 21 heavy (non-hydrogen) atoms. The van der Waals surface area contributed by atoms with E-state index in [2.05, 4.69) is 15.9 Å².